The average molecular weight is 331 g/mol. The van der Waals surface area contributed by atoms with Gasteiger partial charge in [0.15, 0.2) is 11.4 Å². The molecule has 3 aromatic rings. The molecule has 1 aromatic carbocycles. The van der Waals surface area contributed by atoms with Gasteiger partial charge in [-0.05, 0) is 30.7 Å². The third-order valence-corrected chi connectivity index (χ3v) is 3.66. The maximum Gasteiger partial charge on any atom is 0.278 e. The van der Waals surface area contributed by atoms with Crippen LogP contribution in [0.25, 0.3) is 10.9 Å². The number of nitrogens with one attached hydrogen (secondary N) is 2. The number of H-pyrrole nitrogens is 1. The molecule has 2 heterocycles. The van der Waals surface area contributed by atoms with E-state index >= 15 is 0 Å². The molecule has 0 saturated carbocycles. The van der Waals surface area contributed by atoms with Gasteiger partial charge in [-0.2, -0.15) is 5.10 Å². The Kier molecular flexibility index (Phi) is 4.43. The van der Waals surface area contributed by atoms with Crippen LogP contribution in [0.2, 0.25) is 5.02 Å². The minimum Gasteiger partial charge on any atom is -0.491 e. The molecular weight excluding hydrogens is 316 g/mol. The third-order valence-electron chi connectivity index (χ3n) is 3.25. The van der Waals surface area contributed by atoms with E-state index in [0.717, 1.165) is 17.3 Å². The van der Waals surface area contributed by atoms with E-state index in [0.29, 0.717) is 23.1 Å². The Hall–Kier alpha value is -2.60. The summed E-state index contributed by atoms with van der Waals surface area (Å²) in [5, 5.41) is 10.7. The molecular formula is C16H15ClN4O2. The van der Waals surface area contributed by atoms with Gasteiger partial charge in [0.1, 0.15) is 0 Å². The van der Waals surface area contributed by atoms with Gasteiger partial charge in [0.25, 0.3) is 5.91 Å². The molecule has 0 bridgehead atoms. The molecule has 0 aliphatic carbocycles. The Morgan fingerprint density at radius 2 is 2.26 bits per heavy atom. The van der Waals surface area contributed by atoms with Gasteiger partial charge in [-0.1, -0.05) is 18.5 Å². The van der Waals surface area contributed by atoms with E-state index in [9.17, 15) is 4.79 Å². The lowest BCUT2D eigenvalue weighted by atomic mass is 10.2. The quantitative estimate of drug-likeness (QED) is 0.748. The second-order valence-corrected chi connectivity index (χ2v) is 5.29. The van der Waals surface area contributed by atoms with Crippen LogP contribution in [0.5, 0.6) is 5.75 Å². The summed E-state index contributed by atoms with van der Waals surface area (Å²) in [6.07, 6.45) is 4.01. The molecule has 2 N–H and O–H groups in total. The predicted octanol–water partition coefficient (Wildman–Crippen LogP) is 3.65. The summed E-state index contributed by atoms with van der Waals surface area (Å²) >= 11 is 6.31. The minimum absolute atomic E-state index is 0.226. The first kappa shape index (κ1) is 15.3. The number of aromatic nitrogens is 3. The van der Waals surface area contributed by atoms with Crippen LogP contribution < -0.4 is 10.1 Å². The molecule has 7 heteroatoms. The number of hydrogen-bond acceptors (Lipinski definition) is 4. The number of rotatable bonds is 5. The van der Waals surface area contributed by atoms with Crippen molar-refractivity contribution in [2.24, 2.45) is 0 Å². The smallest absolute Gasteiger partial charge is 0.278 e. The molecule has 0 atom stereocenters. The third kappa shape index (κ3) is 3.12. The number of amides is 1. The molecule has 0 radical (unpaired) electrons. The van der Waals surface area contributed by atoms with E-state index < -0.39 is 0 Å². The normalized spacial score (nSPS) is 10.7. The van der Waals surface area contributed by atoms with E-state index in [1.165, 1.54) is 0 Å². The van der Waals surface area contributed by atoms with Crippen LogP contribution in [0, 0.1) is 0 Å². The summed E-state index contributed by atoms with van der Waals surface area (Å²) in [7, 11) is 0. The van der Waals surface area contributed by atoms with E-state index in [4.69, 9.17) is 16.3 Å². The molecule has 3 rings (SSSR count). The monoisotopic (exact) mass is 330 g/mol. The molecule has 0 fully saturated rings. The summed E-state index contributed by atoms with van der Waals surface area (Å²) in [5.74, 6) is 0.0776. The average Bonchev–Trinajstić information content (AvgIpc) is 3.05. The van der Waals surface area contributed by atoms with Crippen molar-refractivity contribution in [3.05, 3.63) is 47.4 Å². The van der Waals surface area contributed by atoms with Crippen LogP contribution in [0.15, 0.2) is 36.7 Å². The number of hydrogen-bond donors (Lipinski definition) is 2. The fourth-order valence-electron chi connectivity index (χ4n) is 2.15. The zero-order valence-electron chi connectivity index (χ0n) is 12.5. The van der Waals surface area contributed by atoms with Gasteiger partial charge in [0.05, 0.1) is 29.0 Å². The Bertz CT molecular complexity index is 847. The Balaban J connectivity index is 1.87. The van der Waals surface area contributed by atoms with Crippen LogP contribution in [-0.4, -0.2) is 27.7 Å². The highest BCUT2D eigenvalue weighted by Gasteiger charge is 2.16. The number of nitrogens with zero attached hydrogens (tertiary/aromatic N) is 2. The number of carbonyl (C=O) groups is 1. The zero-order chi connectivity index (χ0) is 16.2. The molecule has 6 nitrogen and oxygen atoms in total. The van der Waals surface area contributed by atoms with Crippen molar-refractivity contribution in [3.63, 3.8) is 0 Å². The Morgan fingerprint density at radius 3 is 3.09 bits per heavy atom. The van der Waals surface area contributed by atoms with Crippen LogP contribution in [0.1, 0.15) is 23.8 Å². The van der Waals surface area contributed by atoms with Crippen molar-refractivity contribution in [3.8, 4) is 5.75 Å². The molecule has 23 heavy (non-hydrogen) atoms. The number of ether oxygens (including phenoxy) is 1. The number of anilines is 1. The van der Waals surface area contributed by atoms with Crippen molar-refractivity contribution < 1.29 is 9.53 Å². The number of halogens is 1. The first-order valence-electron chi connectivity index (χ1n) is 7.21. The first-order valence-corrected chi connectivity index (χ1v) is 7.59. The fraction of sp³-hybridized carbons (Fsp3) is 0.188. The molecule has 0 unspecified atom stereocenters. The highest BCUT2D eigenvalue weighted by Crippen LogP contribution is 2.30. The van der Waals surface area contributed by atoms with Crippen LogP contribution in [0.3, 0.4) is 0 Å². The van der Waals surface area contributed by atoms with Gasteiger partial charge >= 0.3 is 0 Å². The van der Waals surface area contributed by atoms with Gasteiger partial charge in [0, 0.05) is 11.6 Å². The molecule has 0 saturated heterocycles. The number of aromatic amines is 1. The molecule has 118 valence electrons. The van der Waals surface area contributed by atoms with Crippen molar-refractivity contribution in [2.45, 2.75) is 13.3 Å². The van der Waals surface area contributed by atoms with Crippen molar-refractivity contribution in [2.75, 3.05) is 11.9 Å². The number of benzene rings is 1. The molecule has 0 aliphatic rings. The van der Waals surface area contributed by atoms with E-state index in [1.54, 1.807) is 36.7 Å². The summed E-state index contributed by atoms with van der Waals surface area (Å²) in [5.41, 5.74) is 1.53. The van der Waals surface area contributed by atoms with E-state index in [1.807, 2.05) is 6.92 Å². The lowest BCUT2D eigenvalue weighted by molar-refractivity contribution is 0.101. The lowest BCUT2D eigenvalue weighted by Crippen LogP contribution is -2.16. The van der Waals surface area contributed by atoms with Crippen LogP contribution in [-0.2, 0) is 0 Å². The maximum absolute atomic E-state index is 12.5. The molecule has 1 amide bonds. The Morgan fingerprint density at radius 1 is 1.39 bits per heavy atom. The maximum atomic E-state index is 12.5. The zero-order valence-corrected chi connectivity index (χ0v) is 13.2. The summed E-state index contributed by atoms with van der Waals surface area (Å²) < 4.78 is 5.56. The second-order valence-electron chi connectivity index (χ2n) is 4.91. The van der Waals surface area contributed by atoms with Crippen molar-refractivity contribution in [1.82, 2.24) is 15.2 Å². The highest BCUT2D eigenvalue weighted by atomic mass is 35.5. The summed E-state index contributed by atoms with van der Waals surface area (Å²) in [6, 6.07) is 6.97. The highest BCUT2D eigenvalue weighted by molar-refractivity contribution is 6.38. The molecule has 0 spiro atoms. The van der Waals surface area contributed by atoms with E-state index in [2.05, 4.69) is 20.5 Å². The Labute approximate surface area is 137 Å². The van der Waals surface area contributed by atoms with Crippen molar-refractivity contribution >= 4 is 34.1 Å². The number of fused-ring (bicyclic) bond motifs is 1. The first-order chi connectivity index (χ1) is 11.2. The number of pyridine rings is 1. The number of carbonyl (C=O) groups excluding carboxylic acids is 1. The topological polar surface area (TPSA) is 79.9 Å². The van der Waals surface area contributed by atoms with Gasteiger partial charge in [-0.25, -0.2) is 4.98 Å². The lowest BCUT2D eigenvalue weighted by Gasteiger charge is -2.11. The van der Waals surface area contributed by atoms with Crippen LogP contribution in [0.4, 0.5) is 5.69 Å². The molecule has 2 aromatic heterocycles. The largest absolute Gasteiger partial charge is 0.491 e. The second kappa shape index (κ2) is 6.66. The molecule has 0 aliphatic heterocycles. The predicted molar refractivity (Wildman–Crippen MR) is 89.1 cm³/mol. The van der Waals surface area contributed by atoms with Crippen molar-refractivity contribution in [1.29, 1.82) is 0 Å². The van der Waals surface area contributed by atoms with E-state index in [-0.39, 0.29) is 11.6 Å². The van der Waals surface area contributed by atoms with Gasteiger partial charge in [-0.3, -0.25) is 9.89 Å². The fourth-order valence-corrected chi connectivity index (χ4v) is 2.41. The van der Waals surface area contributed by atoms with Gasteiger partial charge in [0.2, 0.25) is 0 Å². The summed E-state index contributed by atoms with van der Waals surface area (Å²) in [4.78, 5) is 16.6. The summed E-state index contributed by atoms with van der Waals surface area (Å²) in [6.45, 7) is 2.52. The van der Waals surface area contributed by atoms with Crippen LogP contribution >= 0.6 is 11.6 Å². The van der Waals surface area contributed by atoms with Gasteiger partial charge < -0.3 is 10.1 Å². The minimum atomic E-state index is -0.374. The standard InChI is InChI=1S/C16H15ClN4O2/c1-2-8-23-13-4-3-7-18-15(13)16(22)20-12-6-5-11-10(14(12)17)9-19-21-11/h3-7,9H,2,8H2,1H3,(H,19,21)(H,20,22). The van der Waals surface area contributed by atoms with Gasteiger partial charge in [-0.15, -0.1) is 0 Å². The SMILES string of the molecule is CCCOc1cccnc1C(=O)Nc1ccc2[nH]ncc2c1Cl.